The Morgan fingerprint density at radius 3 is 2.56 bits per heavy atom. The van der Waals surface area contributed by atoms with E-state index in [0.29, 0.717) is 5.75 Å². The Balaban J connectivity index is 3.44. The topological polar surface area (TPSA) is 57.9 Å². The van der Waals surface area contributed by atoms with Gasteiger partial charge in [0.05, 0.1) is 5.75 Å². The van der Waals surface area contributed by atoms with Crippen LogP contribution in [0.4, 0.5) is 0 Å². The summed E-state index contributed by atoms with van der Waals surface area (Å²) in [7, 11) is -2.87. The number of nitriles is 1. The van der Waals surface area contributed by atoms with E-state index in [1.165, 1.54) is 0 Å². The molecule has 3 nitrogen and oxygen atoms in total. The summed E-state index contributed by atoms with van der Waals surface area (Å²) < 4.78 is 20.8. The Morgan fingerprint density at radius 2 is 2.22 bits per heavy atom. The van der Waals surface area contributed by atoms with Crippen LogP contribution in [0.1, 0.15) is 0 Å². The molecule has 52 valence electrons. The van der Waals surface area contributed by atoms with Gasteiger partial charge in [0.15, 0.2) is 0 Å². The van der Waals surface area contributed by atoms with E-state index in [1.54, 1.807) is 5.40 Å². The van der Waals surface area contributed by atoms with Crippen molar-refractivity contribution in [3.05, 3.63) is 0 Å². The van der Waals surface area contributed by atoms with E-state index in [2.05, 4.69) is 0 Å². The lowest BCUT2D eigenvalue weighted by atomic mass is 11.0. The Hall–Kier alpha value is -0.210. The first-order valence-corrected chi connectivity index (χ1v) is 5.29. The van der Waals surface area contributed by atoms with Crippen LogP contribution in [0, 0.1) is 10.7 Å². The maximum Gasteiger partial charge on any atom is 0.148 e. The molecule has 0 aromatic rings. The summed E-state index contributed by atoms with van der Waals surface area (Å²) in [6.45, 7) is 0. The lowest BCUT2D eigenvalue weighted by Crippen LogP contribution is -2.04. The number of hydrogen-bond donors (Lipinski definition) is 0. The smallest absolute Gasteiger partial charge is 0.148 e. The minimum Gasteiger partial charge on any atom is -0.229 e. The second kappa shape index (κ2) is 3.75. The number of sulfone groups is 1. The standard InChI is InChI=1S/C4H7NO2S2/c1-9(6,7)3-2-8-4-5/h2-3H2,1H3. The van der Waals surface area contributed by atoms with Gasteiger partial charge < -0.3 is 0 Å². The van der Waals surface area contributed by atoms with Crippen LogP contribution in [0.15, 0.2) is 0 Å². The molecule has 0 heterocycles. The van der Waals surface area contributed by atoms with E-state index in [0.717, 1.165) is 18.0 Å². The van der Waals surface area contributed by atoms with E-state index >= 15 is 0 Å². The SMILES string of the molecule is CS(=O)(=O)CCSC#N. The summed E-state index contributed by atoms with van der Waals surface area (Å²) in [5.41, 5.74) is 0. The maximum atomic E-state index is 10.4. The zero-order valence-electron chi connectivity index (χ0n) is 4.99. The normalized spacial score (nSPS) is 10.7. The van der Waals surface area contributed by atoms with Gasteiger partial charge in [-0.15, -0.1) is 0 Å². The summed E-state index contributed by atoms with van der Waals surface area (Å²) in [6, 6.07) is 0. The van der Waals surface area contributed by atoms with Crippen molar-refractivity contribution in [1.82, 2.24) is 0 Å². The molecule has 0 saturated heterocycles. The fourth-order valence-corrected chi connectivity index (χ4v) is 1.87. The summed E-state index contributed by atoms with van der Waals surface area (Å²) in [4.78, 5) is 0. The third kappa shape index (κ3) is 7.79. The molecule has 0 spiro atoms. The summed E-state index contributed by atoms with van der Waals surface area (Å²) in [5.74, 6) is 0.459. The highest BCUT2D eigenvalue weighted by atomic mass is 32.2. The van der Waals surface area contributed by atoms with Gasteiger partial charge in [0.2, 0.25) is 0 Å². The van der Waals surface area contributed by atoms with Gasteiger partial charge in [0.1, 0.15) is 15.2 Å². The summed E-state index contributed by atoms with van der Waals surface area (Å²) >= 11 is 0.961. The van der Waals surface area contributed by atoms with Crippen molar-refractivity contribution in [1.29, 1.82) is 5.26 Å². The molecular weight excluding hydrogens is 158 g/mol. The molecule has 0 aliphatic rings. The largest absolute Gasteiger partial charge is 0.229 e. The fraction of sp³-hybridized carbons (Fsp3) is 0.750. The monoisotopic (exact) mass is 165 g/mol. The molecule has 0 bridgehead atoms. The number of rotatable bonds is 3. The lowest BCUT2D eigenvalue weighted by molar-refractivity contribution is 0.603. The molecule has 0 unspecified atom stereocenters. The van der Waals surface area contributed by atoms with Crippen molar-refractivity contribution in [2.24, 2.45) is 0 Å². The van der Waals surface area contributed by atoms with Gasteiger partial charge >= 0.3 is 0 Å². The first-order chi connectivity index (χ1) is 4.06. The highest BCUT2D eigenvalue weighted by molar-refractivity contribution is 8.04. The first-order valence-electron chi connectivity index (χ1n) is 2.25. The molecule has 0 rings (SSSR count). The van der Waals surface area contributed by atoms with Gasteiger partial charge in [-0.1, -0.05) is 0 Å². The molecule has 0 fully saturated rings. The van der Waals surface area contributed by atoms with Crippen LogP contribution in [-0.2, 0) is 9.84 Å². The van der Waals surface area contributed by atoms with Crippen LogP contribution in [0.3, 0.4) is 0 Å². The average Bonchev–Trinajstić information content (AvgIpc) is 1.63. The van der Waals surface area contributed by atoms with Crippen LogP contribution < -0.4 is 0 Å². The van der Waals surface area contributed by atoms with Gasteiger partial charge in [-0.05, 0) is 11.8 Å². The average molecular weight is 165 g/mol. The predicted molar refractivity (Wildman–Crippen MR) is 37.8 cm³/mol. The summed E-state index contributed by atoms with van der Waals surface area (Å²) in [6.07, 6.45) is 1.16. The van der Waals surface area contributed by atoms with Crippen LogP contribution in [-0.4, -0.2) is 26.2 Å². The fourth-order valence-electron chi connectivity index (χ4n) is 0.239. The Labute approximate surface area is 59.0 Å². The van der Waals surface area contributed by atoms with Gasteiger partial charge in [-0.25, -0.2) is 8.42 Å². The zero-order valence-corrected chi connectivity index (χ0v) is 6.63. The van der Waals surface area contributed by atoms with Crippen LogP contribution >= 0.6 is 11.8 Å². The maximum absolute atomic E-state index is 10.4. The van der Waals surface area contributed by atoms with E-state index in [-0.39, 0.29) is 5.75 Å². The third-order valence-electron chi connectivity index (χ3n) is 0.621. The van der Waals surface area contributed by atoms with Crippen LogP contribution in [0.2, 0.25) is 0 Å². The molecule has 0 atom stereocenters. The van der Waals surface area contributed by atoms with E-state index in [1.807, 2.05) is 0 Å². The van der Waals surface area contributed by atoms with Crippen molar-refractivity contribution < 1.29 is 8.42 Å². The second-order valence-corrected chi connectivity index (χ2v) is 4.71. The third-order valence-corrected chi connectivity index (χ3v) is 2.36. The molecule has 0 aliphatic carbocycles. The van der Waals surface area contributed by atoms with E-state index in [9.17, 15) is 8.42 Å². The van der Waals surface area contributed by atoms with Gasteiger partial charge in [0.25, 0.3) is 0 Å². The molecule has 0 radical (unpaired) electrons. The molecular formula is C4H7NO2S2. The molecule has 0 amide bonds. The van der Waals surface area contributed by atoms with Crippen molar-refractivity contribution in [2.45, 2.75) is 0 Å². The van der Waals surface area contributed by atoms with Crippen molar-refractivity contribution in [2.75, 3.05) is 17.8 Å². The van der Waals surface area contributed by atoms with Crippen LogP contribution in [0.5, 0.6) is 0 Å². The van der Waals surface area contributed by atoms with Gasteiger partial charge in [-0.2, -0.15) is 5.26 Å². The second-order valence-electron chi connectivity index (χ2n) is 1.57. The minimum atomic E-state index is -2.87. The first kappa shape index (κ1) is 8.79. The van der Waals surface area contributed by atoms with Crippen molar-refractivity contribution >= 4 is 21.6 Å². The highest BCUT2D eigenvalue weighted by Crippen LogP contribution is 1.96. The lowest BCUT2D eigenvalue weighted by Gasteiger charge is -1.89. The highest BCUT2D eigenvalue weighted by Gasteiger charge is 1.99. The van der Waals surface area contributed by atoms with Gasteiger partial charge in [0, 0.05) is 12.0 Å². The number of nitrogens with zero attached hydrogens (tertiary/aromatic N) is 1. The molecule has 0 saturated carbocycles. The van der Waals surface area contributed by atoms with Crippen LogP contribution in [0.25, 0.3) is 0 Å². The molecule has 0 aliphatic heterocycles. The summed E-state index contributed by atoms with van der Waals surface area (Å²) in [5, 5.41) is 9.77. The van der Waals surface area contributed by atoms with E-state index < -0.39 is 9.84 Å². The Bertz CT molecular complexity index is 201. The Morgan fingerprint density at radius 1 is 1.67 bits per heavy atom. The van der Waals surface area contributed by atoms with Gasteiger partial charge in [-0.3, -0.25) is 0 Å². The minimum absolute atomic E-state index is 0.0885. The van der Waals surface area contributed by atoms with Crippen molar-refractivity contribution in [3.8, 4) is 5.40 Å². The Kier molecular flexibility index (Phi) is 3.66. The molecule has 0 aromatic heterocycles. The quantitative estimate of drug-likeness (QED) is 0.444. The number of thiocyanates is 1. The molecule has 5 heteroatoms. The predicted octanol–water partition coefficient (Wildman–Crippen LogP) is 0.245. The molecule has 0 N–H and O–H groups in total. The number of thioether (sulfide) groups is 1. The van der Waals surface area contributed by atoms with Crippen molar-refractivity contribution in [3.63, 3.8) is 0 Å². The number of hydrogen-bond acceptors (Lipinski definition) is 4. The van der Waals surface area contributed by atoms with E-state index in [4.69, 9.17) is 5.26 Å². The molecule has 0 aromatic carbocycles. The molecule has 9 heavy (non-hydrogen) atoms. The zero-order chi connectivity index (χ0) is 7.33.